The second kappa shape index (κ2) is 7.13. The molecule has 0 aliphatic heterocycles. The van der Waals surface area contributed by atoms with Crippen LogP contribution in [0.3, 0.4) is 0 Å². The summed E-state index contributed by atoms with van der Waals surface area (Å²) in [4.78, 5) is 29.5. The maximum atomic E-state index is 14.2. The zero-order chi connectivity index (χ0) is 21.5. The average Bonchev–Trinajstić information content (AvgIpc) is 3.35. The number of nitrogens with one attached hydrogen (secondary N) is 1. The van der Waals surface area contributed by atoms with E-state index in [4.69, 9.17) is 4.42 Å². The van der Waals surface area contributed by atoms with Crippen molar-refractivity contribution in [3.8, 4) is 5.69 Å². The minimum atomic E-state index is -0.552. The van der Waals surface area contributed by atoms with Gasteiger partial charge in [0.15, 0.2) is 5.82 Å². The fourth-order valence-electron chi connectivity index (χ4n) is 3.29. The molecule has 5 aromatic rings. The molecule has 5 rings (SSSR count). The van der Waals surface area contributed by atoms with Gasteiger partial charge in [-0.2, -0.15) is 4.68 Å². The molecule has 2 aromatic carbocycles. The van der Waals surface area contributed by atoms with Crippen LogP contribution in [0.15, 0.2) is 58.0 Å². The van der Waals surface area contributed by atoms with Gasteiger partial charge in [-0.15, -0.1) is 5.10 Å². The van der Waals surface area contributed by atoms with Crippen molar-refractivity contribution in [1.29, 1.82) is 0 Å². The summed E-state index contributed by atoms with van der Waals surface area (Å²) in [6, 6.07) is 11.2. The Kier molecular flexibility index (Phi) is 4.28. The predicted molar refractivity (Wildman–Crippen MR) is 108 cm³/mol. The lowest BCUT2D eigenvalue weighted by molar-refractivity contribution is -0.116. The van der Waals surface area contributed by atoms with Crippen LogP contribution >= 0.6 is 0 Å². The minimum absolute atomic E-state index is 0.0784. The molecule has 0 bridgehead atoms. The number of fused-ring (bicyclic) bond motifs is 3. The van der Waals surface area contributed by atoms with E-state index in [1.54, 1.807) is 19.1 Å². The highest BCUT2D eigenvalue weighted by Crippen LogP contribution is 2.24. The Morgan fingerprint density at radius 3 is 2.87 bits per heavy atom. The third-order valence-corrected chi connectivity index (χ3v) is 4.75. The van der Waals surface area contributed by atoms with Crippen molar-refractivity contribution in [2.45, 2.75) is 13.5 Å². The number of amides is 1. The van der Waals surface area contributed by atoms with Crippen molar-refractivity contribution in [3.63, 3.8) is 0 Å². The number of carbonyl (C=O) groups excluding carboxylic acids is 1. The third-order valence-electron chi connectivity index (χ3n) is 4.75. The van der Waals surface area contributed by atoms with E-state index in [0.717, 1.165) is 9.95 Å². The molecule has 3 heterocycles. The molecule has 0 atom stereocenters. The number of furan rings is 1. The van der Waals surface area contributed by atoms with Gasteiger partial charge in [0.2, 0.25) is 11.5 Å². The van der Waals surface area contributed by atoms with Gasteiger partial charge < -0.3 is 9.73 Å². The molecule has 0 spiro atoms. The Bertz CT molecular complexity index is 1520. The molecule has 0 aliphatic carbocycles. The van der Waals surface area contributed by atoms with Gasteiger partial charge in [-0.1, -0.05) is 12.1 Å². The number of nitrogens with zero attached hydrogens (tertiary/aromatic N) is 6. The van der Waals surface area contributed by atoms with Crippen molar-refractivity contribution >= 4 is 33.7 Å². The average molecular weight is 419 g/mol. The van der Waals surface area contributed by atoms with E-state index in [1.807, 2.05) is 12.1 Å². The van der Waals surface area contributed by atoms with Crippen molar-refractivity contribution in [3.05, 3.63) is 70.8 Å². The molecule has 11 heteroatoms. The minimum Gasteiger partial charge on any atom is -0.448 e. The van der Waals surface area contributed by atoms with Crippen LogP contribution in [-0.4, -0.2) is 35.7 Å². The van der Waals surface area contributed by atoms with E-state index in [2.05, 4.69) is 25.8 Å². The predicted octanol–water partition coefficient (Wildman–Crippen LogP) is 2.20. The third kappa shape index (κ3) is 3.21. The number of anilines is 1. The second-order valence-corrected chi connectivity index (χ2v) is 6.81. The summed E-state index contributed by atoms with van der Waals surface area (Å²) >= 11 is 0. The summed E-state index contributed by atoms with van der Waals surface area (Å²) < 4.78 is 22.2. The molecule has 31 heavy (non-hydrogen) atoms. The molecule has 0 saturated heterocycles. The zero-order valence-electron chi connectivity index (χ0n) is 16.1. The van der Waals surface area contributed by atoms with Crippen LogP contribution in [0, 0.1) is 12.7 Å². The van der Waals surface area contributed by atoms with Crippen LogP contribution in [0.2, 0.25) is 0 Å². The normalized spacial score (nSPS) is 11.3. The Labute approximate surface area is 172 Å². The lowest BCUT2D eigenvalue weighted by atomic mass is 10.2. The van der Waals surface area contributed by atoms with E-state index in [1.165, 1.54) is 29.2 Å². The number of para-hydroxylation sites is 1. The maximum absolute atomic E-state index is 14.2. The number of carbonyl (C=O) groups is 1. The van der Waals surface area contributed by atoms with E-state index < -0.39 is 17.3 Å². The number of rotatable bonds is 4. The number of aromatic nitrogens is 6. The molecule has 0 radical (unpaired) electrons. The van der Waals surface area contributed by atoms with Gasteiger partial charge in [0.25, 0.3) is 5.56 Å². The van der Waals surface area contributed by atoms with Gasteiger partial charge in [-0.25, -0.2) is 9.37 Å². The van der Waals surface area contributed by atoms with Crippen LogP contribution in [0.25, 0.3) is 27.8 Å². The zero-order valence-corrected chi connectivity index (χ0v) is 16.1. The fourth-order valence-corrected chi connectivity index (χ4v) is 3.29. The molecular formula is C20H14FN7O3. The van der Waals surface area contributed by atoms with Crippen LogP contribution in [0.4, 0.5) is 10.1 Å². The smallest absolute Gasteiger partial charge is 0.297 e. The van der Waals surface area contributed by atoms with Gasteiger partial charge in [-0.3, -0.25) is 14.2 Å². The Hall–Kier alpha value is -4.41. The van der Waals surface area contributed by atoms with Crippen LogP contribution in [-0.2, 0) is 11.3 Å². The first-order chi connectivity index (χ1) is 15.0. The van der Waals surface area contributed by atoms with E-state index in [0.29, 0.717) is 22.6 Å². The van der Waals surface area contributed by atoms with Gasteiger partial charge >= 0.3 is 0 Å². The second-order valence-electron chi connectivity index (χ2n) is 6.81. The standard InChI is InChI=1S/C20H14FN7O3/c1-11-24-25-26-28(11)15-8-12(6-7-14(15)21)23-17(29)9-27-10-22-18-13-4-2-3-5-16(13)31-19(18)20(27)30/h2-8,10H,9H2,1H3,(H,23,29). The fraction of sp³-hybridized carbons (Fsp3) is 0.100. The largest absolute Gasteiger partial charge is 0.448 e. The quantitative estimate of drug-likeness (QED) is 0.474. The lowest BCUT2D eigenvalue weighted by Gasteiger charge is -2.09. The monoisotopic (exact) mass is 419 g/mol. The molecular weight excluding hydrogens is 405 g/mol. The summed E-state index contributed by atoms with van der Waals surface area (Å²) in [5.74, 6) is -0.659. The molecule has 1 N–H and O–H groups in total. The van der Waals surface area contributed by atoms with E-state index in [-0.39, 0.29) is 17.8 Å². The first-order valence-electron chi connectivity index (χ1n) is 9.23. The molecule has 0 aliphatic rings. The van der Waals surface area contributed by atoms with Gasteiger partial charge in [0.1, 0.15) is 29.1 Å². The molecule has 10 nitrogen and oxygen atoms in total. The van der Waals surface area contributed by atoms with E-state index >= 15 is 0 Å². The van der Waals surface area contributed by atoms with Crippen molar-refractivity contribution in [1.82, 2.24) is 29.8 Å². The van der Waals surface area contributed by atoms with Crippen LogP contribution < -0.4 is 10.9 Å². The number of benzene rings is 2. The summed E-state index contributed by atoms with van der Waals surface area (Å²) in [5, 5.41) is 14.3. The summed E-state index contributed by atoms with van der Waals surface area (Å²) in [5.41, 5.74) is 0.999. The van der Waals surface area contributed by atoms with Crippen molar-refractivity contribution < 1.29 is 13.6 Å². The summed E-state index contributed by atoms with van der Waals surface area (Å²) in [7, 11) is 0. The summed E-state index contributed by atoms with van der Waals surface area (Å²) in [6.45, 7) is 1.33. The van der Waals surface area contributed by atoms with Crippen molar-refractivity contribution in [2.24, 2.45) is 0 Å². The molecule has 154 valence electrons. The Morgan fingerprint density at radius 2 is 2.06 bits per heavy atom. The van der Waals surface area contributed by atoms with Gasteiger partial charge in [0.05, 0.1) is 6.33 Å². The number of tetrazole rings is 1. The number of hydrogen-bond acceptors (Lipinski definition) is 7. The SMILES string of the molecule is Cc1nnnn1-c1cc(NC(=O)Cn2cnc3c(oc4ccccc43)c2=O)ccc1F. The van der Waals surface area contributed by atoms with Crippen molar-refractivity contribution in [2.75, 3.05) is 5.32 Å². The highest BCUT2D eigenvalue weighted by molar-refractivity contribution is 6.01. The maximum Gasteiger partial charge on any atom is 0.297 e. The Morgan fingerprint density at radius 1 is 1.23 bits per heavy atom. The molecule has 1 amide bonds. The number of hydrogen-bond donors (Lipinski definition) is 1. The van der Waals surface area contributed by atoms with E-state index in [9.17, 15) is 14.0 Å². The number of halogens is 1. The highest BCUT2D eigenvalue weighted by atomic mass is 19.1. The highest BCUT2D eigenvalue weighted by Gasteiger charge is 2.16. The molecule has 0 unspecified atom stereocenters. The summed E-state index contributed by atoms with van der Waals surface area (Å²) in [6.07, 6.45) is 1.30. The van der Waals surface area contributed by atoms with Gasteiger partial charge in [-0.05, 0) is 47.7 Å². The van der Waals surface area contributed by atoms with Crippen LogP contribution in [0.1, 0.15) is 5.82 Å². The Balaban J connectivity index is 1.42. The first-order valence-corrected chi connectivity index (χ1v) is 9.23. The van der Waals surface area contributed by atoms with Gasteiger partial charge in [0, 0.05) is 11.1 Å². The molecule has 0 fully saturated rings. The lowest BCUT2D eigenvalue weighted by Crippen LogP contribution is -2.27. The molecule has 0 saturated carbocycles. The van der Waals surface area contributed by atoms with Crippen LogP contribution in [0.5, 0.6) is 0 Å². The number of aryl methyl sites for hydroxylation is 1. The topological polar surface area (TPSA) is 121 Å². The first kappa shape index (κ1) is 18.6. The molecule has 3 aromatic heterocycles.